The first-order chi connectivity index (χ1) is 10.7. The first-order valence-electron chi connectivity index (χ1n) is 7.05. The van der Waals surface area contributed by atoms with E-state index in [1.807, 2.05) is 0 Å². The Morgan fingerprint density at radius 2 is 1.95 bits per heavy atom. The Balaban J connectivity index is 1.67. The minimum absolute atomic E-state index is 0.198. The van der Waals surface area contributed by atoms with Crippen molar-refractivity contribution in [2.45, 2.75) is 18.4 Å². The molecule has 0 aliphatic rings. The van der Waals surface area contributed by atoms with Gasteiger partial charge in [0.05, 0.1) is 6.54 Å². The van der Waals surface area contributed by atoms with Gasteiger partial charge < -0.3 is 10.6 Å². The number of aryl methyl sites for hydroxylation is 1. The molecule has 3 nitrogen and oxygen atoms in total. The zero-order valence-corrected chi connectivity index (χ0v) is 14.4. The van der Waals surface area contributed by atoms with Crippen molar-refractivity contribution in [3.8, 4) is 0 Å². The van der Waals surface area contributed by atoms with Crippen molar-refractivity contribution in [1.82, 2.24) is 10.6 Å². The molecule has 6 heteroatoms. The normalized spacial score (nSPS) is 11.5. The van der Waals surface area contributed by atoms with Gasteiger partial charge in [0.1, 0.15) is 5.82 Å². The minimum Gasteiger partial charge on any atom is -0.356 e. The van der Waals surface area contributed by atoms with E-state index >= 15 is 0 Å². The Bertz CT molecular complexity index is 608. The maximum absolute atomic E-state index is 12.8. The third kappa shape index (κ3) is 5.69. The van der Waals surface area contributed by atoms with Crippen LogP contribution in [0.5, 0.6) is 0 Å². The maximum atomic E-state index is 12.8. The van der Waals surface area contributed by atoms with Crippen LogP contribution in [0, 0.1) is 12.7 Å². The topological polar surface area (TPSA) is 36.4 Å². The van der Waals surface area contributed by atoms with Gasteiger partial charge in [0.2, 0.25) is 0 Å². The van der Waals surface area contributed by atoms with Crippen LogP contribution >= 0.6 is 23.1 Å². The molecule has 2 aromatic rings. The van der Waals surface area contributed by atoms with Crippen molar-refractivity contribution in [3.05, 3.63) is 52.0 Å². The van der Waals surface area contributed by atoms with E-state index in [1.165, 1.54) is 21.9 Å². The Hall–Kier alpha value is -1.53. The Morgan fingerprint density at radius 1 is 1.18 bits per heavy atom. The molecule has 0 unspecified atom stereocenters. The molecule has 1 aromatic carbocycles. The molecule has 22 heavy (non-hydrogen) atoms. The van der Waals surface area contributed by atoms with Crippen LogP contribution in [0.15, 0.2) is 46.3 Å². The van der Waals surface area contributed by atoms with Gasteiger partial charge in [-0.15, -0.1) is 23.1 Å². The van der Waals surface area contributed by atoms with Gasteiger partial charge in [0, 0.05) is 34.0 Å². The van der Waals surface area contributed by atoms with Crippen LogP contribution in [0.3, 0.4) is 0 Å². The Kier molecular flexibility index (Phi) is 6.74. The second-order valence-corrected chi connectivity index (χ2v) is 7.21. The fourth-order valence-corrected chi connectivity index (χ4v) is 3.44. The summed E-state index contributed by atoms with van der Waals surface area (Å²) in [7, 11) is 1.77. The summed E-state index contributed by atoms with van der Waals surface area (Å²) in [5.74, 6) is 1.49. The van der Waals surface area contributed by atoms with E-state index in [0.717, 1.165) is 29.7 Å². The van der Waals surface area contributed by atoms with Crippen molar-refractivity contribution in [2.75, 3.05) is 19.3 Å². The average Bonchev–Trinajstić information content (AvgIpc) is 2.94. The quantitative estimate of drug-likeness (QED) is 0.366. The molecule has 0 spiro atoms. The number of thioether (sulfide) groups is 1. The molecule has 1 heterocycles. The van der Waals surface area contributed by atoms with Crippen molar-refractivity contribution in [1.29, 1.82) is 0 Å². The summed E-state index contributed by atoms with van der Waals surface area (Å²) in [6.07, 6.45) is 0. The summed E-state index contributed by atoms with van der Waals surface area (Å²) in [6.45, 7) is 3.68. The third-order valence-electron chi connectivity index (χ3n) is 2.93. The van der Waals surface area contributed by atoms with Crippen LogP contribution in [0.25, 0.3) is 0 Å². The van der Waals surface area contributed by atoms with Crippen molar-refractivity contribution in [2.24, 2.45) is 4.99 Å². The highest BCUT2D eigenvalue weighted by Crippen LogP contribution is 2.17. The molecule has 0 saturated carbocycles. The highest BCUT2D eigenvalue weighted by Gasteiger charge is 2.00. The second kappa shape index (κ2) is 8.80. The zero-order chi connectivity index (χ0) is 15.8. The Morgan fingerprint density at radius 3 is 2.59 bits per heavy atom. The van der Waals surface area contributed by atoms with E-state index in [2.05, 4.69) is 34.7 Å². The summed E-state index contributed by atoms with van der Waals surface area (Å²) in [6, 6.07) is 10.8. The Labute approximate surface area is 139 Å². The molecule has 0 fully saturated rings. The number of hydrogen-bond acceptors (Lipinski definition) is 3. The van der Waals surface area contributed by atoms with E-state index in [4.69, 9.17) is 0 Å². The number of guanidine groups is 1. The highest BCUT2D eigenvalue weighted by molar-refractivity contribution is 7.99. The van der Waals surface area contributed by atoms with E-state index in [0.29, 0.717) is 0 Å². The monoisotopic (exact) mass is 337 g/mol. The van der Waals surface area contributed by atoms with Crippen LogP contribution in [-0.4, -0.2) is 25.3 Å². The number of nitrogens with one attached hydrogen (secondary N) is 2. The van der Waals surface area contributed by atoms with Crippen LogP contribution in [-0.2, 0) is 6.54 Å². The van der Waals surface area contributed by atoms with Crippen LogP contribution < -0.4 is 10.6 Å². The SMILES string of the molecule is CN=C(NCCSc1ccc(F)cc1)NCc1ccc(C)s1. The molecule has 0 amide bonds. The maximum Gasteiger partial charge on any atom is 0.191 e. The van der Waals surface area contributed by atoms with E-state index in [1.54, 1.807) is 42.3 Å². The summed E-state index contributed by atoms with van der Waals surface area (Å²) < 4.78 is 12.8. The summed E-state index contributed by atoms with van der Waals surface area (Å²) in [5, 5.41) is 6.57. The molecule has 1 aromatic heterocycles. The lowest BCUT2D eigenvalue weighted by Crippen LogP contribution is -2.37. The molecule has 0 aliphatic heterocycles. The molecule has 118 valence electrons. The minimum atomic E-state index is -0.198. The van der Waals surface area contributed by atoms with Crippen molar-refractivity contribution >= 4 is 29.1 Å². The molecule has 2 rings (SSSR count). The molecule has 2 N–H and O–H groups in total. The second-order valence-electron chi connectivity index (χ2n) is 4.67. The van der Waals surface area contributed by atoms with Gasteiger partial charge in [-0.05, 0) is 43.3 Å². The molecule has 0 radical (unpaired) electrons. The number of benzene rings is 1. The predicted octanol–water partition coefficient (Wildman–Crippen LogP) is 3.65. The van der Waals surface area contributed by atoms with Crippen LogP contribution in [0.4, 0.5) is 4.39 Å². The summed E-state index contributed by atoms with van der Waals surface area (Å²) in [5.41, 5.74) is 0. The lowest BCUT2D eigenvalue weighted by Gasteiger charge is -2.11. The fraction of sp³-hybridized carbons (Fsp3) is 0.312. The van der Waals surface area contributed by atoms with Crippen LogP contribution in [0.2, 0.25) is 0 Å². The van der Waals surface area contributed by atoms with Gasteiger partial charge in [0.25, 0.3) is 0 Å². The molecular weight excluding hydrogens is 317 g/mol. The predicted molar refractivity (Wildman–Crippen MR) is 94.4 cm³/mol. The van der Waals surface area contributed by atoms with Gasteiger partial charge in [-0.2, -0.15) is 0 Å². The van der Waals surface area contributed by atoms with Gasteiger partial charge in [0.15, 0.2) is 5.96 Å². The van der Waals surface area contributed by atoms with E-state index in [9.17, 15) is 4.39 Å². The zero-order valence-electron chi connectivity index (χ0n) is 12.7. The van der Waals surface area contributed by atoms with E-state index < -0.39 is 0 Å². The third-order valence-corrected chi connectivity index (χ3v) is 4.94. The molecule has 0 aliphatic carbocycles. The van der Waals surface area contributed by atoms with Gasteiger partial charge >= 0.3 is 0 Å². The summed E-state index contributed by atoms with van der Waals surface area (Å²) >= 11 is 3.48. The standard InChI is InChI=1S/C16H20FN3S2/c1-12-3-6-15(22-12)11-20-16(18-2)19-9-10-21-14-7-4-13(17)5-8-14/h3-8H,9-11H2,1-2H3,(H2,18,19,20). The largest absolute Gasteiger partial charge is 0.356 e. The van der Waals surface area contributed by atoms with Gasteiger partial charge in [-0.25, -0.2) is 4.39 Å². The average molecular weight is 337 g/mol. The molecule has 0 saturated heterocycles. The highest BCUT2D eigenvalue weighted by atomic mass is 32.2. The van der Waals surface area contributed by atoms with E-state index in [-0.39, 0.29) is 5.82 Å². The number of nitrogens with zero attached hydrogens (tertiary/aromatic N) is 1. The first kappa shape index (κ1) is 16.8. The van der Waals surface area contributed by atoms with Crippen molar-refractivity contribution in [3.63, 3.8) is 0 Å². The van der Waals surface area contributed by atoms with Gasteiger partial charge in [-0.3, -0.25) is 4.99 Å². The number of rotatable bonds is 6. The van der Waals surface area contributed by atoms with Crippen LogP contribution in [0.1, 0.15) is 9.75 Å². The lowest BCUT2D eigenvalue weighted by atomic mass is 10.4. The lowest BCUT2D eigenvalue weighted by molar-refractivity contribution is 0.626. The summed E-state index contributed by atoms with van der Waals surface area (Å²) in [4.78, 5) is 7.88. The molecule has 0 bridgehead atoms. The molecular formula is C16H20FN3S2. The van der Waals surface area contributed by atoms with Crippen molar-refractivity contribution < 1.29 is 4.39 Å². The van der Waals surface area contributed by atoms with Gasteiger partial charge in [-0.1, -0.05) is 0 Å². The fourth-order valence-electron chi connectivity index (χ4n) is 1.84. The molecule has 0 atom stereocenters. The number of aliphatic imine (C=N–C) groups is 1. The smallest absolute Gasteiger partial charge is 0.191 e. The number of hydrogen-bond donors (Lipinski definition) is 2. The first-order valence-corrected chi connectivity index (χ1v) is 8.86. The number of halogens is 1. The number of thiophene rings is 1.